The predicted molar refractivity (Wildman–Crippen MR) is 83.3 cm³/mol. The van der Waals surface area contributed by atoms with Crippen molar-refractivity contribution < 1.29 is 0 Å². The lowest BCUT2D eigenvalue weighted by Gasteiger charge is -2.27. The predicted octanol–water partition coefficient (Wildman–Crippen LogP) is 4.06. The normalized spacial score (nSPS) is 15.2. The molecular weight excluding hydrogens is 232 g/mol. The molecule has 0 amide bonds. The Hall–Kier alpha value is -0.890. The summed E-state index contributed by atoms with van der Waals surface area (Å²) in [5.74, 6) is 0.743. The van der Waals surface area contributed by atoms with Crippen molar-refractivity contribution in [1.82, 2.24) is 10.3 Å². The van der Waals surface area contributed by atoms with Crippen molar-refractivity contribution in [1.29, 1.82) is 0 Å². The Morgan fingerprint density at radius 3 is 2.53 bits per heavy atom. The van der Waals surface area contributed by atoms with Crippen molar-refractivity contribution in [3.8, 4) is 0 Å². The van der Waals surface area contributed by atoms with E-state index in [1.54, 1.807) is 0 Å². The second-order valence-electron chi connectivity index (χ2n) is 6.89. The van der Waals surface area contributed by atoms with Crippen LogP contribution in [0.4, 0.5) is 0 Å². The topological polar surface area (TPSA) is 24.9 Å². The van der Waals surface area contributed by atoms with Crippen LogP contribution in [-0.4, -0.2) is 17.6 Å². The highest BCUT2D eigenvalue weighted by Gasteiger charge is 2.19. The van der Waals surface area contributed by atoms with Crippen LogP contribution in [0.3, 0.4) is 0 Å². The molecule has 1 rings (SSSR count). The number of hydrogen-bond donors (Lipinski definition) is 1. The molecule has 0 saturated carbocycles. The fraction of sp³-hybridized carbons (Fsp3) is 0.706. The molecule has 0 aromatic carbocycles. The molecule has 0 aliphatic rings. The van der Waals surface area contributed by atoms with Crippen LogP contribution in [0.5, 0.6) is 0 Å². The van der Waals surface area contributed by atoms with Crippen molar-refractivity contribution in [3.63, 3.8) is 0 Å². The van der Waals surface area contributed by atoms with Crippen molar-refractivity contribution in [3.05, 3.63) is 30.1 Å². The molecule has 0 radical (unpaired) electrons. The van der Waals surface area contributed by atoms with Gasteiger partial charge in [0.25, 0.3) is 0 Å². The molecule has 2 nitrogen and oxygen atoms in total. The number of likely N-dealkylation sites (N-methyl/N-ethyl adjacent to an activating group) is 1. The highest BCUT2D eigenvalue weighted by atomic mass is 14.9. The molecule has 2 unspecified atom stereocenters. The van der Waals surface area contributed by atoms with Crippen molar-refractivity contribution in [2.75, 3.05) is 6.54 Å². The molecule has 2 heteroatoms. The first-order valence-electron chi connectivity index (χ1n) is 7.54. The molecular formula is C17H30N2. The van der Waals surface area contributed by atoms with Gasteiger partial charge in [-0.1, -0.05) is 40.7 Å². The van der Waals surface area contributed by atoms with E-state index in [0.717, 1.165) is 18.9 Å². The first-order chi connectivity index (χ1) is 8.90. The maximum Gasteiger partial charge on any atom is 0.0419 e. The Morgan fingerprint density at radius 1 is 1.26 bits per heavy atom. The summed E-state index contributed by atoms with van der Waals surface area (Å²) in [4.78, 5) is 4.44. The van der Waals surface area contributed by atoms with Gasteiger partial charge in [-0.3, -0.25) is 4.98 Å². The van der Waals surface area contributed by atoms with E-state index in [2.05, 4.69) is 57.1 Å². The van der Waals surface area contributed by atoms with Gasteiger partial charge in [0.1, 0.15) is 0 Å². The minimum Gasteiger partial charge on any atom is -0.314 e. The van der Waals surface area contributed by atoms with Gasteiger partial charge in [0.05, 0.1) is 0 Å². The van der Waals surface area contributed by atoms with Gasteiger partial charge in [-0.25, -0.2) is 0 Å². The average Bonchev–Trinajstić information content (AvgIpc) is 2.27. The van der Waals surface area contributed by atoms with E-state index in [-0.39, 0.29) is 0 Å². The lowest BCUT2D eigenvalue weighted by molar-refractivity contribution is 0.274. The van der Waals surface area contributed by atoms with Gasteiger partial charge in [-0.15, -0.1) is 0 Å². The van der Waals surface area contributed by atoms with Gasteiger partial charge in [-0.05, 0) is 42.9 Å². The zero-order valence-corrected chi connectivity index (χ0v) is 13.2. The molecule has 0 aliphatic heterocycles. The number of hydrogen-bond acceptors (Lipinski definition) is 2. The van der Waals surface area contributed by atoms with E-state index in [4.69, 9.17) is 0 Å². The highest BCUT2D eigenvalue weighted by molar-refractivity contribution is 5.05. The van der Waals surface area contributed by atoms with Crippen LogP contribution in [0.2, 0.25) is 0 Å². The molecule has 0 bridgehead atoms. The summed E-state index contributed by atoms with van der Waals surface area (Å²) in [6.07, 6.45) is 5.42. The van der Waals surface area contributed by atoms with Gasteiger partial charge in [0, 0.05) is 24.4 Å². The average molecular weight is 262 g/mol. The molecule has 0 fully saturated rings. The minimum absolute atomic E-state index is 0.418. The van der Waals surface area contributed by atoms with Crippen molar-refractivity contribution in [2.45, 2.75) is 59.9 Å². The van der Waals surface area contributed by atoms with Gasteiger partial charge >= 0.3 is 0 Å². The Labute approximate surface area is 119 Å². The molecule has 1 N–H and O–H groups in total. The number of nitrogens with one attached hydrogen (secondary N) is 1. The molecule has 1 heterocycles. The molecule has 2 atom stereocenters. The quantitative estimate of drug-likeness (QED) is 0.801. The van der Waals surface area contributed by atoms with E-state index in [9.17, 15) is 0 Å². The summed E-state index contributed by atoms with van der Waals surface area (Å²) in [5.41, 5.74) is 1.61. The van der Waals surface area contributed by atoms with Crippen LogP contribution >= 0.6 is 0 Å². The van der Waals surface area contributed by atoms with Crippen LogP contribution in [0.25, 0.3) is 0 Å². The molecule has 19 heavy (non-hydrogen) atoms. The first-order valence-corrected chi connectivity index (χ1v) is 7.54. The minimum atomic E-state index is 0.418. The van der Waals surface area contributed by atoms with E-state index >= 15 is 0 Å². The van der Waals surface area contributed by atoms with Gasteiger partial charge in [-0.2, -0.15) is 0 Å². The Balaban J connectivity index is 2.53. The maximum atomic E-state index is 4.44. The monoisotopic (exact) mass is 262 g/mol. The summed E-state index contributed by atoms with van der Waals surface area (Å²) in [5, 5.41) is 3.61. The van der Waals surface area contributed by atoms with Crippen LogP contribution < -0.4 is 5.32 Å². The summed E-state index contributed by atoms with van der Waals surface area (Å²) in [6, 6.07) is 6.72. The SMILES string of the molecule is CCNC(Cc1ccccn1)CC(C)CC(C)(C)C. The fourth-order valence-electron chi connectivity index (χ4n) is 2.91. The van der Waals surface area contributed by atoms with Gasteiger partial charge in [0.15, 0.2) is 0 Å². The Kier molecular flexibility index (Phi) is 6.50. The molecule has 0 saturated heterocycles. The van der Waals surface area contributed by atoms with E-state index in [1.165, 1.54) is 18.5 Å². The van der Waals surface area contributed by atoms with Gasteiger partial charge in [0.2, 0.25) is 0 Å². The molecule has 108 valence electrons. The summed E-state index contributed by atoms with van der Waals surface area (Å²) < 4.78 is 0. The zero-order valence-electron chi connectivity index (χ0n) is 13.2. The number of aromatic nitrogens is 1. The highest BCUT2D eigenvalue weighted by Crippen LogP contribution is 2.27. The van der Waals surface area contributed by atoms with E-state index < -0.39 is 0 Å². The second-order valence-corrected chi connectivity index (χ2v) is 6.89. The molecule has 1 aromatic rings. The smallest absolute Gasteiger partial charge is 0.0419 e. The van der Waals surface area contributed by atoms with Crippen LogP contribution in [0, 0.1) is 11.3 Å². The van der Waals surface area contributed by atoms with E-state index in [1.807, 2.05) is 12.3 Å². The van der Waals surface area contributed by atoms with Crippen molar-refractivity contribution >= 4 is 0 Å². The summed E-state index contributed by atoms with van der Waals surface area (Å²) in [7, 11) is 0. The number of rotatable bonds is 7. The van der Waals surface area contributed by atoms with E-state index in [0.29, 0.717) is 11.5 Å². The van der Waals surface area contributed by atoms with Gasteiger partial charge < -0.3 is 5.32 Å². The molecule has 0 spiro atoms. The zero-order chi connectivity index (χ0) is 14.3. The fourth-order valence-corrected chi connectivity index (χ4v) is 2.91. The summed E-state index contributed by atoms with van der Waals surface area (Å²) >= 11 is 0. The number of pyridine rings is 1. The van der Waals surface area contributed by atoms with Crippen LogP contribution in [0.15, 0.2) is 24.4 Å². The second kappa shape index (κ2) is 7.64. The van der Waals surface area contributed by atoms with Crippen LogP contribution in [-0.2, 0) is 6.42 Å². The lowest BCUT2D eigenvalue weighted by atomic mass is 9.82. The molecule has 0 aliphatic carbocycles. The van der Waals surface area contributed by atoms with Crippen molar-refractivity contribution in [2.24, 2.45) is 11.3 Å². The maximum absolute atomic E-state index is 4.44. The third kappa shape index (κ3) is 7.31. The third-order valence-electron chi connectivity index (χ3n) is 3.32. The van der Waals surface area contributed by atoms with Crippen LogP contribution in [0.1, 0.15) is 53.2 Å². The lowest BCUT2D eigenvalue weighted by Crippen LogP contribution is -2.33. The third-order valence-corrected chi connectivity index (χ3v) is 3.32. The standard InChI is InChI=1S/C17H30N2/c1-6-18-16(11-14(2)13-17(3,4)5)12-15-9-7-8-10-19-15/h7-10,14,16,18H,6,11-13H2,1-5H3. The Morgan fingerprint density at radius 2 is 2.00 bits per heavy atom. The number of nitrogens with zero attached hydrogens (tertiary/aromatic N) is 1. The Bertz CT molecular complexity index is 340. The molecule has 1 aromatic heterocycles. The first kappa shape index (κ1) is 16.2. The summed E-state index contributed by atoms with van der Waals surface area (Å²) in [6.45, 7) is 12.5. The largest absolute Gasteiger partial charge is 0.314 e.